The van der Waals surface area contributed by atoms with Crippen molar-refractivity contribution in [3.8, 4) is 11.6 Å². The highest BCUT2D eigenvalue weighted by Gasteiger charge is 2.34. The monoisotopic (exact) mass is 545 g/mol. The van der Waals surface area contributed by atoms with Gasteiger partial charge in [-0.05, 0) is 43.2 Å². The number of pyridine rings is 3. The van der Waals surface area contributed by atoms with E-state index >= 15 is 0 Å². The number of carboxylic acid groups (broad SMARTS) is 1. The van der Waals surface area contributed by atoms with Gasteiger partial charge in [-0.25, -0.2) is 14.8 Å². The Bertz CT molecular complexity index is 1640. The maximum Gasteiger partial charge on any atom is 0.341 e. The van der Waals surface area contributed by atoms with Crippen LogP contribution >= 0.6 is 11.6 Å². The predicted molar refractivity (Wildman–Crippen MR) is 146 cm³/mol. The molecule has 2 aliphatic rings. The number of fused-ring (bicyclic) bond motifs is 1. The molecular formula is C28H24ClN5O5. The van der Waals surface area contributed by atoms with Gasteiger partial charge in [-0.2, -0.15) is 0 Å². The first-order valence-corrected chi connectivity index (χ1v) is 13.0. The summed E-state index contributed by atoms with van der Waals surface area (Å²) in [5.41, 5.74) is 0.352. The molecule has 5 heterocycles. The summed E-state index contributed by atoms with van der Waals surface area (Å²) >= 11 is 6.65. The van der Waals surface area contributed by atoms with Crippen LogP contribution in [0.15, 0.2) is 65.8 Å². The summed E-state index contributed by atoms with van der Waals surface area (Å²) in [7, 11) is 0. The molecule has 1 aromatic carbocycles. The third kappa shape index (κ3) is 4.57. The third-order valence-electron chi connectivity index (χ3n) is 7.14. The molecule has 0 saturated carbocycles. The minimum absolute atomic E-state index is 0.123. The summed E-state index contributed by atoms with van der Waals surface area (Å²) in [5, 5.41) is 10.0. The molecule has 2 fully saturated rings. The smallest absolute Gasteiger partial charge is 0.341 e. The number of aromatic nitrogens is 3. The number of carbonyl (C=O) groups excluding carboxylic acids is 1. The fraction of sp³-hybridized carbons (Fsp3) is 0.250. The molecule has 2 saturated heterocycles. The summed E-state index contributed by atoms with van der Waals surface area (Å²) in [6.07, 6.45) is 6.55. The van der Waals surface area contributed by atoms with Gasteiger partial charge in [0.05, 0.1) is 34.2 Å². The van der Waals surface area contributed by atoms with Crippen LogP contribution in [-0.4, -0.2) is 57.3 Å². The van der Waals surface area contributed by atoms with Crippen LogP contribution in [0, 0.1) is 0 Å². The minimum Gasteiger partial charge on any atom is -0.477 e. The Kier molecular flexibility index (Phi) is 6.40. The van der Waals surface area contributed by atoms with Crippen LogP contribution in [0.25, 0.3) is 16.6 Å². The van der Waals surface area contributed by atoms with Gasteiger partial charge in [0.2, 0.25) is 17.2 Å². The molecule has 1 N–H and O–H groups in total. The fourth-order valence-electron chi connectivity index (χ4n) is 4.98. The number of halogens is 1. The summed E-state index contributed by atoms with van der Waals surface area (Å²) in [6, 6.07) is 11.8. The van der Waals surface area contributed by atoms with E-state index in [0.29, 0.717) is 35.6 Å². The van der Waals surface area contributed by atoms with E-state index in [1.54, 1.807) is 40.1 Å². The molecule has 1 atom stereocenters. The van der Waals surface area contributed by atoms with Crippen molar-refractivity contribution in [2.45, 2.75) is 25.3 Å². The Morgan fingerprint density at radius 1 is 1.13 bits per heavy atom. The summed E-state index contributed by atoms with van der Waals surface area (Å²) < 4.78 is 7.44. The topological polar surface area (TPSA) is 118 Å². The van der Waals surface area contributed by atoms with Crippen LogP contribution in [0.4, 0.5) is 11.5 Å². The quantitative estimate of drug-likeness (QED) is 0.371. The number of aromatic carboxylic acids is 1. The first-order valence-electron chi connectivity index (χ1n) is 12.6. The van der Waals surface area contributed by atoms with Crippen molar-refractivity contribution in [3.05, 3.63) is 81.9 Å². The molecule has 11 heteroatoms. The Hall–Kier alpha value is -4.44. The van der Waals surface area contributed by atoms with Crippen molar-refractivity contribution in [2.75, 3.05) is 29.5 Å². The normalized spacial score (nSPS) is 16.9. The van der Waals surface area contributed by atoms with Gasteiger partial charge in [0.25, 0.3) is 0 Å². The van der Waals surface area contributed by atoms with Crippen molar-refractivity contribution >= 4 is 45.9 Å². The van der Waals surface area contributed by atoms with Crippen molar-refractivity contribution in [1.29, 1.82) is 0 Å². The van der Waals surface area contributed by atoms with E-state index in [0.717, 1.165) is 25.3 Å². The number of hydrogen-bond donors (Lipinski definition) is 1. The molecule has 1 amide bonds. The first kappa shape index (κ1) is 24.9. The van der Waals surface area contributed by atoms with E-state index in [1.165, 1.54) is 12.3 Å². The van der Waals surface area contributed by atoms with Crippen LogP contribution in [0.1, 0.15) is 29.6 Å². The van der Waals surface area contributed by atoms with E-state index in [-0.39, 0.29) is 29.0 Å². The molecule has 10 nitrogen and oxygen atoms in total. The summed E-state index contributed by atoms with van der Waals surface area (Å²) in [4.78, 5) is 50.5. The van der Waals surface area contributed by atoms with E-state index < -0.39 is 17.0 Å². The fourth-order valence-corrected chi connectivity index (χ4v) is 5.24. The van der Waals surface area contributed by atoms with Crippen molar-refractivity contribution < 1.29 is 19.4 Å². The lowest BCUT2D eigenvalue weighted by atomic mass is 10.1. The van der Waals surface area contributed by atoms with Crippen molar-refractivity contribution in [3.63, 3.8) is 0 Å². The number of ether oxygens (including phenoxy) is 1. The van der Waals surface area contributed by atoms with Gasteiger partial charge >= 0.3 is 5.97 Å². The number of hydrogen-bond acceptors (Lipinski definition) is 7. The molecule has 4 aromatic rings. The second-order valence-electron chi connectivity index (χ2n) is 9.52. The second-order valence-corrected chi connectivity index (χ2v) is 9.93. The zero-order valence-electron chi connectivity index (χ0n) is 20.8. The SMILES string of the molecule is O=C(O)c1cn(-c2ccc(N3CCC3)nc2)c2cc(N3C(=O)CC[C@@H]3COc3ccccn3)c(Cl)cc2c1=O. The van der Waals surface area contributed by atoms with Crippen LogP contribution in [0.3, 0.4) is 0 Å². The van der Waals surface area contributed by atoms with Gasteiger partial charge in [0.15, 0.2) is 0 Å². The van der Waals surface area contributed by atoms with Crippen LogP contribution in [0.2, 0.25) is 5.02 Å². The van der Waals surface area contributed by atoms with Crippen molar-refractivity contribution in [2.24, 2.45) is 0 Å². The molecular weight excluding hydrogens is 522 g/mol. The number of amides is 1. The Labute approximate surface area is 228 Å². The van der Waals surface area contributed by atoms with Crippen LogP contribution in [-0.2, 0) is 4.79 Å². The Balaban J connectivity index is 1.44. The molecule has 0 radical (unpaired) electrons. The standard InChI is InChI=1S/C28H24ClN5O5/c29-21-12-19-22(13-23(21)34-18(6-8-26(34)35)16-39-25-4-1-2-9-30-25)33(15-20(27(19)36)28(37)38)17-5-7-24(31-14-17)32-10-3-11-32/h1-2,4-5,7,9,12-15,18H,3,6,8,10-11,16H2,(H,37,38)/t18-/m1/s1. The predicted octanol–water partition coefficient (Wildman–Crippen LogP) is 3.92. The number of anilines is 2. The highest BCUT2D eigenvalue weighted by atomic mass is 35.5. The van der Waals surface area contributed by atoms with Gasteiger partial charge in [-0.15, -0.1) is 0 Å². The van der Waals surface area contributed by atoms with Gasteiger partial charge < -0.3 is 24.2 Å². The number of carboxylic acids is 1. The van der Waals surface area contributed by atoms with Gasteiger partial charge in [-0.1, -0.05) is 17.7 Å². The lowest BCUT2D eigenvalue weighted by Gasteiger charge is -2.32. The van der Waals surface area contributed by atoms with Gasteiger partial charge in [0.1, 0.15) is 18.0 Å². The Morgan fingerprint density at radius 2 is 1.97 bits per heavy atom. The molecule has 0 bridgehead atoms. The molecule has 3 aromatic heterocycles. The summed E-state index contributed by atoms with van der Waals surface area (Å²) in [5.74, 6) is -0.188. The molecule has 198 valence electrons. The molecule has 0 unspecified atom stereocenters. The van der Waals surface area contributed by atoms with Gasteiger partial charge in [-0.3, -0.25) is 9.59 Å². The number of carbonyl (C=O) groups is 2. The first-order chi connectivity index (χ1) is 18.9. The zero-order chi connectivity index (χ0) is 27.1. The zero-order valence-corrected chi connectivity index (χ0v) is 21.5. The van der Waals surface area contributed by atoms with E-state index in [1.807, 2.05) is 18.2 Å². The lowest BCUT2D eigenvalue weighted by Crippen LogP contribution is -2.37. The van der Waals surface area contributed by atoms with Crippen LogP contribution in [0.5, 0.6) is 5.88 Å². The molecule has 6 rings (SSSR count). The maximum atomic E-state index is 13.1. The second kappa shape index (κ2) is 10.0. The average molecular weight is 546 g/mol. The largest absolute Gasteiger partial charge is 0.477 e. The lowest BCUT2D eigenvalue weighted by molar-refractivity contribution is -0.117. The van der Waals surface area contributed by atoms with Crippen LogP contribution < -0.4 is 20.0 Å². The average Bonchev–Trinajstić information content (AvgIpc) is 3.27. The van der Waals surface area contributed by atoms with Crippen molar-refractivity contribution in [1.82, 2.24) is 14.5 Å². The molecule has 0 spiro atoms. The minimum atomic E-state index is -1.34. The summed E-state index contributed by atoms with van der Waals surface area (Å²) in [6.45, 7) is 2.09. The molecule has 2 aliphatic heterocycles. The number of rotatable bonds is 7. The van der Waals surface area contributed by atoms with E-state index in [9.17, 15) is 19.5 Å². The Morgan fingerprint density at radius 3 is 2.64 bits per heavy atom. The number of nitrogens with zero attached hydrogens (tertiary/aromatic N) is 5. The van der Waals surface area contributed by atoms with Gasteiger partial charge in [0, 0.05) is 43.4 Å². The highest BCUT2D eigenvalue weighted by Crippen LogP contribution is 2.36. The molecule has 0 aliphatic carbocycles. The highest BCUT2D eigenvalue weighted by molar-refractivity contribution is 6.34. The maximum absolute atomic E-state index is 13.1. The third-order valence-corrected chi connectivity index (χ3v) is 7.44. The number of benzene rings is 1. The molecule has 39 heavy (non-hydrogen) atoms. The van der Waals surface area contributed by atoms with E-state index in [2.05, 4.69) is 14.9 Å². The van der Waals surface area contributed by atoms with E-state index in [4.69, 9.17) is 16.3 Å².